The van der Waals surface area contributed by atoms with Crippen LogP contribution < -0.4 is 10.2 Å². The standard InChI is InChI=1S/C21H28N6O/c28-20(17-8-9-19(24-16-17)25-18-6-2-1-3-7-18)26-12-5-13-27(15-14-26)21-22-10-4-11-23-21/h4,8-11,16,18H,1-3,5-7,12-15H2,(H,24,25). The smallest absolute Gasteiger partial charge is 0.255 e. The van der Waals surface area contributed by atoms with E-state index >= 15 is 0 Å². The van der Waals surface area contributed by atoms with Crippen molar-refractivity contribution in [3.05, 3.63) is 42.4 Å². The van der Waals surface area contributed by atoms with E-state index in [1.807, 2.05) is 23.1 Å². The number of hydrogen-bond acceptors (Lipinski definition) is 6. The molecule has 0 aromatic carbocycles. The normalized spacial score (nSPS) is 18.6. The molecular weight excluding hydrogens is 352 g/mol. The molecule has 3 heterocycles. The van der Waals surface area contributed by atoms with Gasteiger partial charge in [-0.3, -0.25) is 4.79 Å². The van der Waals surface area contributed by atoms with Crippen LogP contribution in [-0.2, 0) is 0 Å². The molecule has 0 bridgehead atoms. The summed E-state index contributed by atoms with van der Waals surface area (Å²) in [7, 11) is 0. The van der Waals surface area contributed by atoms with Gasteiger partial charge in [0.25, 0.3) is 5.91 Å². The molecule has 4 rings (SSSR count). The first-order chi connectivity index (χ1) is 13.8. The molecule has 1 aliphatic carbocycles. The van der Waals surface area contributed by atoms with E-state index in [2.05, 4.69) is 25.2 Å². The summed E-state index contributed by atoms with van der Waals surface area (Å²) in [5.41, 5.74) is 0.651. The molecule has 2 aliphatic rings. The molecule has 1 N–H and O–H groups in total. The van der Waals surface area contributed by atoms with Crippen molar-refractivity contribution >= 4 is 17.7 Å². The van der Waals surface area contributed by atoms with Crippen molar-refractivity contribution in [2.75, 3.05) is 36.4 Å². The number of rotatable bonds is 4. The van der Waals surface area contributed by atoms with Gasteiger partial charge in [-0.15, -0.1) is 0 Å². The maximum absolute atomic E-state index is 12.9. The number of hydrogen-bond donors (Lipinski definition) is 1. The van der Waals surface area contributed by atoms with E-state index in [0.29, 0.717) is 18.2 Å². The van der Waals surface area contributed by atoms with E-state index in [9.17, 15) is 4.79 Å². The Morgan fingerprint density at radius 1 is 0.929 bits per heavy atom. The third-order valence-corrected chi connectivity index (χ3v) is 5.59. The summed E-state index contributed by atoms with van der Waals surface area (Å²) in [6.45, 7) is 3.00. The van der Waals surface area contributed by atoms with Crippen LogP contribution in [0.4, 0.5) is 11.8 Å². The third kappa shape index (κ3) is 4.58. The molecule has 7 nitrogen and oxygen atoms in total. The second-order valence-corrected chi connectivity index (χ2v) is 7.59. The van der Waals surface area contributed by atoms with E-state index in [4.69, 9.17) is 0 Å². The van der Waals surface area contributed by atoms with E-state index < -0.39 is 0 Å². The Balaban J connectivity index is 1.34. The molecule has 0 radical (unpaired) electrons. The fraction of sp³-hybridized carbons (Fsp3) is 0.524. The first kappa shape index (κ1) is 18.7. The number of aromatic nitrogens is 3. The van der Waals surface area contributed by atoms with Crippen molar-refractivity contribution in [1.82, 2.24) is 19.9 Å². The van der Waals surface area contributed by atoms with E-state index in [0.717, 1.165) is 37.8 Å². The highest BCUT2D eigenvalue weighted by Gasteiger charge is 2.22. The molecule has 28 heavy (non-hydrogen) atoms. The lowest BCUT2D eigenvalue weighted by atomic mass is 9.95. The maximum Gasteiger partial charge on any atom is 0.255 e. The number of amides is 1. The number of carbonyl (C=O) groups excluding carboxylic acids is 1. The molecule has 0 spiro atoms. The van der Waals surface area contributed by atoms with Crippen LogP contribution in [0.3, 0.4) is 0 Å². The number of anilines is 2. The van der Waals surface area contributed by atoms with Gasteiger partial charge < -0.3 is 15.1 Å². The lowest BCUT2D eigenvalue weighted by molar-refractivity contribution is 0.0766. The zero-order valence-corrected chi connectivity index (χ0v) is 16.3. The van der Waals surface area contributed by atoms with Crippen molar-refractivity contribution in [2.24, 2.45) is 0 Å². The Kier molecular flexibility index (Phi) is 5.99. The average molecular weight is 380 g/mol. The number of nitrogens with zero attached hydrogens (tertiary/aromatic N) is 5. The van der Waals surface area contributed by atoms with Crippen LogP contribution >= 0.6 is 0 Å². The summed E-state index contributed by atoms with van der Waals surface area (Å²) in [4.78, 5) is 30.1. The van der Waals surface area contributed by atoms with Crippen LogP contribution in [0.5, 0.6) is 0 Å². The lowest BCUT2D eigenvalue weighted by Crippen LogP contribution is -2.35. The first-order valence-electron chi connectivity index (χ1n) is 10.3. The highest BCUT2D eigenvalue weighted by molar-refractivity contribution is 5.94. The van der Waals surface area contributed by atoms with Gasteiger partial charge in [0, 0.05) is 50.8 Å². The summed E-state index contributed by atoms with van der Waals surface area (Å²) in [5.74, 6) is 1.65. The molecule has 1 saturated heterocycles. The van der Waals surface area contributed by atoms with Crippen molar-refractivity contribution in [3.8, 4) is 0 Å². The zero-order valence-electron chi connectivity index (χ0n) is 16.3. The summed E-state index contributed by atoms with van der Waals surface area (Å²) in [6.07, 6.45) is 12.4. The fourth-order valence-corrected chi connectivity index (χ4v) is 4.02. The number of nitrogens with one attached hydrogen (secondary N) is 1. The molecule has 148 valence electrons. The molecular formula is C21H28N6O. The van der Waals surface area contributed by atoms with Gasteiger partial charge in [-0.05, 0) is 37.5 Å². The van der Waals surface area contributed by atoms with Gasteiger partial charge in [-0.25, -0.2) is 15.0 Å². The molecule has 7 heteroatoms. The number of carbonyl (C=O) groups is 1. The predicted molar refractivity (Wildman–Crippen MR) is 109 cm³/mol. The van der Waals surface area contributed by atoms with Crippen molar-refractivity contribution in [1.29, 1.82) is 0 Å². The van der Waals surface area contributed by atoms with Crippen molar-refractivity contribution in [3.63, 3.8) is 0 Å². The number of pyridine rings is 1. The maximum atomic E-state index is 12.9. The molecule has 1 amide bonds. The molecule has 2 aromatic heterocycles. The summed E-state index contributed by atoms with van der Waals surface area (Å²) >= 11 is 0. The summed E-state index contributed by atoms with van der Waals surface area (Å²) < 4.78 is 0. The molecule has 1 saturated carbocycles. The second kappa shape index (κ2) is 8.99. The van der Waals surface area contributed by atoms with Gasteiger partial charge in [-0.2, -0.15) is 0 Å². The third-order valence-electron chi connectivity index (χ3n) is 5.59. The minimum atomic E-state index is 0.0487. The first-order valence-corrected chi connectivity index (χ1v) is 10.3. The van der Waals surface area contributed by atoms with Gasteiger partial charge >= 0.3 is 0 Å². The monoisotopic (exact) mass is 380 g/mol. The summed E-state index contributed by atoms with van der Waals surface area (Å²) in [5, 5.41) is 3.50. The van der Waals surface area contributed by atoms with Crippen molar-refractivity contribution < 1.29 is 4.79 Å². The summed E-state index contributed by atoms with van der Waals surface area (Å²) in [6, 6.07) is 6.16. The Labute approximate surface area is 166 Å². The van der Waals surface area contributed by atoms with Crippen molar-refractivity contribution in [2.45, 2.75) is 44.6 Å². The minimum Gasteiger partial charge on any atom is -0.367 e. The largest absolute Gasteiger partial charge is 0.367 e. The Morgan fingerprint density at radius 2 is 1.75 bits per heavy atom. The van der Waals surface area contributed by atoms with Crippen LogP contribution in [0, 0.1) is 0 Å². The van der Waals surface area contributed by atoms with Crippen LogP contribution in [0.1, 0.15) is 48.9 Å². The van der Waals surface area contributed by atoms with E-state index in [-0.39, 0.29) is 5.91 Å². The Bertz CT molecular complexity index is 760. The molecule has 0 atom stereocenters. The van der Waals surface area contributed by atoms with Gasteiger partial charge in [0.1, 0.15) is 5.82 Å². The SMILES string of the molecule is O=C(c1ccc(NC2CCCCC2)nc1)N1CCCN(c2ncccn2)CC1. The van der Waals surface area contributed by atoms with E-state index in [1.54, 1.807) is 18.6 Å². The Hall–Kier alpha value is -2.70. The average Bonchev–Trinajstić information content (AvgIpc) is 3.02. The van der Waals surface area contributed by atoms with Gasteiger partial charge in [0.05, 0.1) is 5.56 Å². The second-order valence-electron chi connectivity index (χ2n) is 7.59. The highest BCUT2D eigenvalue weighted by atomic mass is 16.2. The van der Waals surface area contributed by atoms with Crippen LogP contribution in [0.15, 0.2) is 36.8 Å². The highest BCUT2D eigenvalue weighted by Crippen LogP contribution is 2.21. The molecule has 2 aromatic rings. The van der Waals surface area contributed by atoms with E-state index in [1.165, 1.54) is 32.1 Å². The molecule has 0 unspecified atom stereocenters. The zero-order chi connectivity index (χ0) is 19.2. The predicted octanol–water partition coefficient (Wildman–Crippen LogP) is 2.97. The van der Waals surface area contributed by atoms with Crippen LogP contribution in [0.25, 0.3) is 0 Å². The molecule has 2 fully saturated rings. The van der Waals surface area contributed by atoms with Gasteiger partial charge in [0.2, 0.25) is 5.95 Å². The lowest BCUT2D eigenvalue weighted by Gasteiger charge is -2.24. The minimum absolute atomic E-state index is 0.0487. The van der Waals surface area contributed by atoms with Crippen LogP contribution in [0.2, 0.25) is 0 Å². The molecule has 1 aliphatic heterocycles. The van der Waals surface area contributed by atoms with Gasteiger partial charge in [0.15, 0.2) is 0 Å². The fourth-order valence-electron chi connectivity index (χ4n) is 4.02. The topological polar surface area (TPSA) is 74.2 Å². The quantitative estimate of drug-likeness (QED) is 0.879. The van der Waals surface area contributed by atoms with Crippen LogP contribution in [-0.4, -0.2) is 58.0 Å². The Morgan fingerprint density at radius 3 is 2.50 bits per heavy atom. The van der Waals surface area contributed by atoms with Gasteiger partial charge in [-0.1, -0.05) is 19.3 Å².